The van der Waals surface area contributed by atoms with Crippen molar-refractivity contribution in [3.63, 3.8) is 0 Å². The molecule has 1 aromatic rings. The first-order valence-corrected chi connectivity index (χ1v) is 9.68. The van der Waals surface area contributed by atoms with Crippen LogP contribution in [0.15, 0.2) is 15.9 Å². The van der Waals surface area contributed by atoms with E-state index in [2.05, 4.69) is 51.4 Å². The van der Waals surface area contributed by atoms with Crippen molar-refractivity contribution in [1.29, 1.82) is 0 Å². The SMILES string of the molecule is CCCNC(CC1CCSCC1)c1sccc1Br. The minimum absolute atomic E-state index is 0.549. The van der Waals surface area contributed by atoms with Crippen molar-refractivity contribution in [2.75, 3.05) is 18.1 Å². The molecule has 0 radical (unpaired) electrons. The molecule has 1 aliphatic heterocycles. The van der Waals surface area contributed by atoms with Gasteiger partial charge in [-0.3, -0.25) is 0 Å². The van der Waals surface area contributed by atoms with Crippen molar-refractivity contribution in [2.24, 2.45) is 5.92 Å². The first-order chi connectivity index (χ1) is 8.81. The summed E-state index contributed by atoms with van der Waals surface area (Å²) in [4.78, 5) is 1.49. The van der Waals surface area contributed by atoms with E-state index in [-0.39, 0.29) is 0 Å². The van der Waals surface area contributed by atoms with Crippen LogP contribution in [-0.4, -0.2) is 18.1 Å². The maximum atomic E-state index is 3.73. The number of rotatable bonds is 6. The topological polar surface area (TPSA) is 12.0 Å². The third-order valence-corrected chi connectivity index (χ3v) is 6.55. The lowest BCUT2D eigenvalue weighted by atomic mass is 9.93. The largest absolute Gasteiger partial charge is 0.309 e. The van der Waals surface area contributed by atoms with Crippen LogP contribution in [0.5, 0.6) is 0 Å². The van der Waals surface area contributed by atoms with E-state index in [4.69, 9.17) is 0 Å². The minimum atomic E-state index is 0.549. The second kappa shape index (κ2) is 7.93. The lowest BCUT2D eigenvalue weighted by molar-refractivity contribution is 0.373. The first kappa shape index (κ1) is 14.9. The summed E-state index contributed by atoms with van der Waals surface area (Å²) in [7, 11) is 0. The highest BCUT2D eigenvalue weighted by Crippen LogP contribution is 2.36. The number of thiophene rings is 1. The van der Waals surface area contributed by atoms with Gasteiger partial charge in [-0.25, -0.2) is 0 Å². The molecule has 0 bridgehead atoms. The molecule has 1 atom stereocenters. The van der Waals surface area contributed by atoms with E-state index < -0.39 is 0 Å². The van der Waals surface area contributed by atoms with Gasteiger partial charge in [-0.2, -0.15) is 11.8 Å². The van der Waals surface area contributed by atoms with Gasteiger partial charge in [-0.05, 0) is 77.0 Å². The second-order valence-electron chi connectivity index (χ2n) is 4.93. The fourth-order valence-electron chi connectivity index (χ4n) is 2.47. The van der Waals surface area contributed by atoms with Crippen molar-refractivity contribution in [1.82, 2.24) is 5.32 Å². The summed E-state index contributed by atoms with van der Waals surface area (Å²) < 4.78 is 1.28. The zero-order chi connectivity index (χ0) is 12.8. The van der Waals surface area contributed by atoms with E-state index in [1.807, 2.05) is 11.3 Å². The van der Waals surface area contributed by atoms with Gasteiger partial charge in [-0.15, -0.1) is 11.3 Å². The lowest BCUT2D eigenvalue weighted by Crippen LogP contribution is -2.25. The zero-order valence-electron chi connectivity index (χ0n) is 11.0. The van der Waals surface area contributed by atoms with Gasteiger partial charge in [0.2, 0.25) is 0 Å². The summed E-state index contributed by atoms with van der Waals surface area (Å²) in [6.07, 6.45) is 5.32. The summed E-state index contributed by atoms with van der Waals surface area (Å²) in [5.41, 5.74) is 0. The van der Waals surface area contributed by atoms with E-state index >= 15 is 0 Å². The minimum Gasteiger partial charge on any atom is -0.309 e. The van der Waals surface area contributed by atoms with Gasteiger partial charge in [0.05, 0.1) is 0 Å². The molecule has 0 amide bonds. The molecule has 0 spiro atoms. The van der Waals surface area contributed by atoms with E-state index in [1.54, 1.807) is 0 Å². The van der Waals surface area contributed by atoms with Crippen LogP contribution in [0.4, 0.5) is 0 Å². The molecule has 1 N–H and O–H groups in total. The highest BCUT2D eigenvalue weighted by molar-refractivity contribution is 9.10. The first-order valence-electron chi connectivity index (χ1n) is 6.85. The van der Waals surface area contributed by atoms with Crippen LogP contribution in [0.25, 0.3) is 0 Å². The van der Waals surface area contributed by atoms with E-state index in [0.29, 0.717) is 6.04 Å². The van der Waals surface area contributed by atoms with Crippen LogP contribution in [0.2, 0.25) is 0 Å². The lowest BCUT2D eigenvalue weighted by Gasteiger charge is -2.27. The van der Waals surface area contributed by atoms with E-state index in [1.165, 1.54) is 46.5 Å². The number of hydrogen-bond donors (Lipinski definition) is 1. The van der Waals surface area contributed by atoms with Crippen LogP contribution in [0.3, 0.4) is 0 Å². The van der Waals surface area contributed by atoms with Gasteiger partial charge in [0.15, 0.2) is 0 Å². The number of halogens is 1. The van der Waals surface area contributed by atoms with Crippen molar-refractivity contribution >= 4 is 39.0 Å². The Bertz CT molecular complexity index is 347. The van der Waals surface area contributed by atoms with Crippen molar-refractivity contribution in [2.45, 2.75) is 38.6 Å². The molecule has 0 saturated carbocycles. The third-order valence-electron chi connectivity index (χ3n) is 3.51. The molecule has 1 aliphatic rings. The molecule has 18 heavy (non-hydrogen) atoms. The molecule has 2 heterocycles. The van der Waals surface area contributed by atoms with Crippen molar-refractivity contribution in [3.05, 3.63) is 20.8 Å². The fraction of sp³-hybridized carbons (Fsp3) is 0.714. The van der Waals surface area contributed by atoms with Crippen LogP contribution in [0.1, 0.15) is 43.5 Å². The van der Waals surface area contributed by atoms with E-state index in [9.17, 15) is 0 Å². The Labute approximate surface area is 127 Å². The molecule has 102 valence electrons. The zero-order valence-corrected chi connectivity index (χ0v) is 14.2. The number of thioether (sulfide) groups is 1. The summed E-state index contributed by atoms with van der Waals surface area (Å²) in [5, 5.41) is 5.92. The normalized spacial score (nSPS) is 19.0. The molecule has 1 saturated heterocycles. The van der Waals surface area contributed by atoms with Gasteiger partial charge in [0.25, 0.3) is 0 Å². The fourth-order valence-corrected chi connectivity index (χ4v) is 5.41. The Hall–Kier alpha value is 0.490. The van der Waals surface area contributed by atoms with Gasteiger partial charge in [0, 0.05) is 15.4 Å². The molecule has 0 aliphatic carbocycles. The summed E-state index contributed by atoms with van der Waals surface area (Å²) in [6, 6.07) is 2.73. The highest BCUT2D eigenvalue weighted by Gasteiger charge is 2.22. The third kappa shape index (κ3) is 4.26. The van der Waals surface area contributed by atoms with Crippen LogP contribution in [0, 0.1) is 5.92 Å². The summed E-state index contributed by atoms with van der Waals surface area (Å²) >= 11 is 7.69. The van der Waals surface area contributed by atoms with Crippen LogP contribution in [-0.2, 0) is 0 Å². The maximum Gasteiger partial charge on any atom is 0.0428 e. The van der Waals surface area contributed by atoms with Crippen LogP contribution >= 0.6 is 39.0 Å². The maximum absolute atomic E-state index is 3.73. The smallest absolute Gasteiger partial charge is 0.0428 e. The predicted octanol–water partition coefficient (Wildman–Crippen LogP) is 5.08. The van der Waals surface area contributed by atoms with Gasteiger partial charge in [-0.1, -0.05) is 6.92 Å². The van der Waals surface area contributed by atoms with Crippen molar-refractivity contribution < 1.29 is 0 Å². The Morgan fingerprint density at radius 2 is 2.22 bits per heavy atom. The van der Waals surface area contributed by atoms with Gasteiger partial charge >= 0.3 is 0 Å². The van der Waals surface area contributed by atoms with E-state index in [0.717, 1.165) is 12.5 Å². The molecular weight excluding hydrogens is 326 g/mol. The molecule has 1 aromatic heterocycles. The predicted molar refractivity (Wildman–Crippen MR) is 87.7 cm³/mol. The Morgan fingerprint density at radius 3 is 2.83 bits per heavy atom. The Morgan fingerprint density at radius 1 is 1.44 bits per heavy atom. The second-order valence-corrected chi connectivity index (χ2v) is 7.96. The van der Waals surface area contributed by atoms with Gasteiger partial charge in [0.1, 0.15) is 0 Å². The van der Waals surface area contributed by atoms with Crippen molar-refractivity contribution in [3.8, 4) is 0 Å². The molecule has 1 fully saturated rings. The monoisotopic (exact) mass is 347 g/mol. The summed E-state index contributed by atoms with van der Waals surface area (Å²) in [5.74, 6) is 3.63. The molecule has 2 rings (SSSR count). The molecule has 1 nitrogen and oxygen atoms in total. The standard InChI is InChI=1S/C14H22BrNS2/c1-2-6-16-13(14-12(15)5-9-18-14)10-11-3-7-17-8-4-11/h5,9,11,13,16H,2-4,6-8,10H2,1H3. The molecular formula is C14H22BrNS2. The Kier molecular flexibility index (Phi) is 6.56. The molecule has 1 unspecified atom stereocenters. The quantitative estimate of drug-likeness (QED) is 0.769. The number of nitrogens with one attached hydrogen (secondary N) is 1. The van der Waals surface area contributed by atoms with Crippen LogP contribution < -0.4 is 5.32 Å². The summed E-state index contributed by atoms with van der Waals surface area (Å²) in [6.45, 7) is 3.36. The Balaban J connectivity index is 1.98. The van der Waals surface area contributed by atoms with Gasteiger partial charge < -0.3 is 5.32 Å². The molecule has 0 aromatic carbocycles. The average molecular weight is 348 g/mol. The highest BCUT2D eigenvalue weighted by atomic mass is 79.9. The average Bonchev–Trinajstić information content (AvgIpc) is 2.82. The number of hydrogen-bond acceptors (Lipinski definition) is 3. The molecule has 4 heteroatoms.